The van der Waals surface area contributed by atoms with Crippen LogP contribution in [-0.4, -0.2) is 43.6 Å². The molecule has 1 aliphatic heterocycles. The second kappa shape index (κ2) is 9.82. The molecule has 0 aromatic heterocycles. The molecule has 150 valence electrons. The van der Waals surface area contributed by atoms with Crippen molar-refractivity contribution in [1.82, 2.24) is 9.80 Å². The second-order valence-corrected chi connectivity index (χ2v) is 6.25. The van der Waals surface area contributed by atoms with Crippen molar-refractivity contribution in [2.24, 2.45) is 0 Å². The zero-order valence-corrected chi connectivity index (χ0v) is 15.3. The van der Waals surface area contributed by atoms with E-state index in [0.717, 1.165) is 37.2 Å². The standard InChI is InChI=1S/C19H20N2O2.BF4/c1-20-10-11-21(15-20)12-16-2-4-18(5-3-16)14-23-19-8-6-17(13-22)7-9-19;2-1(3,4)5/h2-4,6-11,13-14H,5,12,15H2,1H3;/q;-1. The molecule has 0 saturated carbocycles. The molecule has 1 aromatic carbocycles. The van der Waals surface area contributed by atoms with Crippen LogP contribution < -0.4 is 4.74 Å². The van der Waals surface area contributed by atoms with Crippen LogP contribution in [0.4, 0.5) is 17.3 Å². The summed E-state index contributed by atoms with van der Waals surface area (Å²) in [4.78, 5) is 15.0. The summed E-state index contributed by atoms with van der Waals surface area (Å²) in [7, 11) is -3.93. The lowest BCUT2D eigenvalue weighted by Gasteiger charge is -2.20. The van der Waals surface area contributed by atoms with Gasteiger partial charge < -0.3 is 31.8 Å². The topological polar surface area (TPSA) is 32.8 Å². The van der Waals surface area contributed by atoms with Crippen LogP contribution in [0.2, 0.25) is 0 Å². The van der Waals surface area contributed by atoms with Gasteiger partial charge in [0.15, 0.2) is 0 Å². The van der Waals surface area contributed by atoms with Crippen molar-refractivity contribution >= 4 is 13.5 Å². The van der Waals surface area contributed by atoms with E-state index < -0.39 is 7.25 Å². The lowest BCUT2D eigenvalue weighted by molar-refractivity contribution is 0.112. The van der Waals surface area contributed by atoms with E-state index in [0.29, 0.717) is 5.56 Å². The van der Waals surface area contributed by atoms with Gasteiger partial charge in [-0.05, 0) is 41.8 Å². The Morgan fingerprint density at radius 1 is 1.11 bits per heavy atom. The predicted octanol–water partition coefficient (Wildman–Crippen LogP) is 4.62. The maximum atomic E-state index is 10.6. The zero-order valence-electron chi connectivity index (χ0n) is 15.3. The molecule has 0 spiro atoms. The van der Waals surface area contributed by atoms with Crippen LogP contribution in [0.5, 0.6) is 5.75 Å². The third kappa shape index (κ3) is 8.15. The van der Waals surface area contributed by atoms with E-state index in [4.69, 9.17) is 4.74 Å². The smallest absolute Gasteiger partial charge is 0.465 e. The monoisotopic (exact) mass is 395 g/mol. The minimum atomic E-state index is -6.00. The van der Waals surface area contributed by atoms with Gasteiger partial charge in [-0.25, -0.2) is 0 Å². The van der Waals surface area contributed by atoms with E-state index in [1.807, 2.05) is 0 Å². The molecule has 0 saturated heterocycles. The van der Waals surface area contributed by atoms with Gasteiger partial charge in [0.25, 0.3) is 0 Å². The van der Waals surface area contributed by atoms with Gasteiger partial charge in [-0.2, -0.15) is 0 Å². The Labute approximate surface area is 161 Å². The van der Waals surface area contributed by atoms with E-state index in [2.05, 4.69) is 47.5 Å². The Balaban J connectivity index is 0.000000500. The van der Waals surface area contributed by atoms with Gasteiger partial charge in [0.1, 0.15) is 12.0 Å². The first kappa shape index (κ1) is 21.3. The van der Waals surface area contributed by atoms with Gasteiger partial charge in [-0.1, -0.05) is 18.2 Å². The molecule has 0 atom stereocenters. The number of hydrogen-bond acceptors (Lipinski definition) is 4. The van der Waals surface area contributed by atoms with Crippen molar-refractivity contribution in [3.8, 4) is 5.75 Å². The molecule has 0 radical (unpaired) electrons. The van der Waals surface area contributed by atoms with Crippen LogP contribution in [0.1, 0.15) is 16.8 Å². The van der Waals surface area contributed by atoms with Crippen LogP contribution in [0.15, 0.2) is 72.3 Å². The zero-order chi connectivity index (χ0) is 20.6. The van der Waals surface area contributed by atoms with Crippen molar-refractivity contribution in [2.45, 2.75) is 6.42 Å². The number of carbonyl (C=O) groups is 1. The van der Waals surface area contributed by atoms with Crippen molar-refractivity contribution in [2.75, 3.05) is 20.3 Å². The number of benzene rings is 1. The molecule has 1 heterocycles. The SMILES string of the molecule is CN1C=CN(CC2=CCC(=COc3ccc(C=O)cc3)C=C2)C1.F[B-](F)(F)F. The average molecular weight is 395 g/mol. The minimum absolute atomic E-state index is 0.650. The van der Waals surface area contributed by atoms with Gasteiger partial charge >= 0.3 is 7.25 Å². The summed E-state index contributed by atoms with van der Waals surface area (Å²) in [5.74, 6) is 0.733. The van der Waals surface area contributed by atoms with Gasteiger partial charge in [-0.15, -0.1) is 0 Å². The summed E-state index contributed by atoms with van der Waals surface area (Å²) >= 11 is 0. The highest BCUT2D eigenvalue weighted by atomic mass is 19.5. The molecule has 1 aliphatic carbocycles. The van der Waals surface area contributed by atoms with Crippen LogP contribution >= 0.6 is 0 Å². The Bertz CT molecular complexity index is 780. The number of aldehydes is 1. The van der Waals surface area contributed by atoms with E-state index in [1.54, 1.807) is 30.5 Å². The summed E-state index contributed by atoms with van der Waals surface area (Å²) in [6.07, 6.45) is 14.1. The van der Waals surface area contributed by atoms with Crippen molar-refractivity contribution < 1.29 is 26.8 Å². The normalized spacial score (nSPS) is 17.3. The maximum absolute atomic E-state index is 10.6. The van der Waals surface area contributed by atoms with Crippen molar-refractivity contribution in [1.29, 1.82) is 0 Å². The predicted molar refractivity (Wildman–Crippen MR) is 101 cm³/mol. The molecule has 9 heteroatoms. The third-order valence-corrected chi connectivity index (χ3v) is 3.80. The molecule has 0 fully saturated rings. The van der Waals surface area contributed by atoms with E-state index in [9.17, 15) is 22.1 Å². The Morgan fingerprint density at radius 3 is 2.29 bits per heavy atom. The molecule has 0 unspecified atom stereocenters. The van der Waals surface area contributed by atoms with Crippen LogP contribution in [0.3, 0.4) is 0 Å². The molecule has 2 aliphatic rings. The number of carbonyl (C=O) groups excluding carboxylic acids is 1. The summed E-state index contributed by atoms with van der Waals surface area (Å²) in [5, 5.41) is 0. The first-order valence-electron chi connectivity index (χ1n) is 8.51. The van der Waals surface area contributed by atoms with Crippen LogP contribution in [-0.2, 0) is 0 Å². The number of rotatable bonds is 5. The molecule has 0 N–H and O–H groups in total. The second-order valence-electron chi connectivity index (χ2n) is 6.25. The molecule has 1 aromatic rings. The number of hydrogen-bond donors (Lipinski definition) is 0. The average Bonchev–Trinajstić information content (AvgIpc) is 3.05. The van der Waals surface area contributed by atoms with Crippen LogP contribution in [0.25, 0.3) is 0 Å². The summed E-state index contributed by atoms with van der Waals surface area (Å²) in [6.45, 7) is 1.87. The summed E-state index contributed by atoms with van der Waals surface area (Å²) in [5.41, 5.74) is 3.09. The Morgan fingerprint density at radius 2 is 1.79 bits per heavy atom. The lowest BCUT2D eigenvalue weighted by Crippen LogP contribution is -2.24. The lowest BCUT2D eigenvalue weighted by atomic mass is 10.0. The van der Waals surface area contributed by atoms with Crippen molar-refractivity contribution in [3.63, 3.8) is 0 Å². The quantitative estimate of drug-likeness (QED) is 0.315. The molecule has 4 nitrogen and oxygen atoms in total. The number of halogens is 4. The fourth-order valence-corrected chi connectivity index (χ4v) is 2.50. The molecule has 0 amide bonds. The highest BCUT2D eigenvalue weighted by Crippen LogP contribution is 2.19. The van der Waals surface area contributed by atoms with E-state index in [-0.39, 0.29) is 0 Å². The maximum Gasteiger partial charge on any atom is 0.673 e. The molecule has 3 rings (SSSR count). The summed E-state index contributed by atoms with van der Waals surface area (Å²) < 4.78 is 44.6. The highest BCUT2D eigenvalue weighted by molar-refractivity contribution is 6.50. The molecule has 28 heavy (non-hydrogen) atoms. The molecule has 0 bridgehead atoms. The fourth-order valence-electron chi connectivity index (χ4n) is 2.50. The Kier molecular flexibility index (Phi) is 7.48. The van der Waals surface area contributed by atoms with E-state index >= 15 is 0 Å². The molecular formula is C19H20BF4N2O2-. The molecular weight excluding hydrogens is 375 g/mol. The minimum Gasteiger partial charge on any atom is -0.465 e. The van der Waals surface area contributed by atoms with Gasteiger partial charge in [0.05, 0.1) is 12.9 Å². The Hall–Kier alpha value is -2.97. The van der Waals surface area contributed by atoms with Crippen LogP contribution in [0, 0.1) is 0 Å². The number of ether oxygens (including phenoxy) is 1. The van der Waals surface area contributed by atoms with Gasteiger partial charge in [-0.3, -0.25) is 4.79 Å². The third-order valence-electron chi connectivity index (χ3n) is 3.80. The number of allylic oxidation sites excluding steroid dienone is 3. The van der Waals surface area contributed by atoms with Gasteiger partial charge in [0.2, 0.25) is 0 Å². The highest BCUT2D eigenvalue weighted by Gasteiger charge is 2.20. The summed E-state index contributed by atoms with van der Waals surface area (Å²) in [6, 6.07) is 7.09. The van der Waals surface area contributed by atoms with Gasteiger partial charge in [0, 0.05) is 31.6 Å². The number of nitrogens with zero attached hydrogens (tertiary/aromatic N) is 2. The largest absolute Gasteiger partial charge is 0.673 e. The first-order valence-corrected chi connectivity index (χ1v) is 8.51. The van der Waals surface area contributed by atoms with Crippen molar-refractivity contribution in [3.05, 3.63) is 77.9 Å². The van der Waals surface area contributed by atoms with E-state index in [1.165, 1.54) is 5.57 Å². The fraction of sp³-hybridized carbons (Fsp3) is 0.211. The first-order chi connectivity index (χ1) is 13.2.